The monoisotopic (exact) mass is 328 g/mol. The number of anilines is 1. The van der Waals surface area contributed by atoms with Gasteiger partial charge in [0.05, 0.1) is 16.5 Å². The molecule has 0 saturated heterocycles. The molecule has 0 unspecified atom stereocenters. The first-order chi connectivity index (χ1) is 11.7. The Hall–Kier alpha value is -3.34. The van der Waals surface area contributed by atoms with Crippen molar-refractivity contribution in [1.82, 2.24) is 0 Å². The van der Waals surface area contributed by atoms with Gasteiger partial charge in [-0.1, -0.05) is 24.0 Å². The Morgan fingerprint density at radius 2 is 1.79 bits per heavy atom. The van der Waals surface area contributed by atoms with Gasteiger partial charge in [-0.15, -0.1) is 11.3 Å². The molecule has 2 aromatic carbocycles. The summed E-state index contributed by atoms with van der Waals surface area (Å²) in [5.74, 6) is 5.96. The van der Waals surface area contributed by atoms with E-state index in [2.05, 4.69) is 17.2 Å². The zero-order valence-electron chi connectivity index (χ0n) is 12.6. The molecule has 0 aliphatic rings. The molecule has 3 nitrogen and oxygen atoms in total. The third kappa shape index (κ3) is 3.89. The number of hydrogen-bond acceptors (Lipinski definition) is 3. The molecule has 1 aromatic heterocycles. The maximum absolute atomic E-state index is 12.2. The molecule has 1 amide bonds. The Balaban J connectivity index is 1.74. The van der Waals surface area contributed by atoms with E-state index in [4.69, 9.17) is 5.26 Å². The molecule has 114 valence electrons. The summed E-state index contributed by atoms with van der Waals surface area (Å²) in [4.78, 5) is 13.2. The standard InChI is InChI=1S/C20H12N2OS/c21-14-16-6-9-17(10-7-16)20(23)22-18-4-1-3-15(13-18)8-11-19-5-2-12-24-19/h1-7,9-10,12-13H,(H,22,23). The number of nitrogens with one attached hydrogen (secondary N) is 1. The van der Waals surface area contributed by atoms with Crippen LogP contribution in [0.4, 0.5) is 5.69 Å². The van der Waals surface area contributed by atoms with E-state index in [1.807, 2.05) is 47.8 Å². The van der Waals surface area contributed by atoms with Crippen LogP contribution in [0.1, 0.15) is 26.4 Å². The average molecular weight is 328 g/mol. The van der Waals surface area contributed by atoms with Crippen molar-refractivity contribution in [1.29, 1.82) is 5.26 Å². The summed E-state index contributed by atoms with van der Waals surface area (Å²) in [5.41, 5.74) is 2.55. The third-order valence-electron chi connectivity index (χ3n) is 3.25. The van der Waals surface area contributed by atoms with Gasteiger partial charge in [0, 0.05) is 16.8 Å². The van der Waals surface area contributed by atoms with Gasteiger partial charge in [-0.05, 0) is 53.9 Å². The number of thiophene rings is 1. The Morgan fingerprint density at radius 1 is 0.958 bits per heavy atom. The quantitative estimate of drug-likeness (QED) is 0.714. The molecule has 0 bridgehead atoms. The van der Waals surface area contributed by atoms with E-state index in [1.54, 1.807) is 35.6 Å². The van der Waals surface area contributed by atoms with Gasteiger partial charge in [-0.25, -0.2) is 0 Å². The van der Waals surface area contributed by atoms with Crippen LogP contribution in [0.25, 0.3) is 0 Å². The first-order valence-corrected chi connectivity index (χ1v) is 8.10. The summed E-state index contributed by atoms with van der Waals surface area (Å²) in [6.07, 6.45) is 0. The van der Waals surface area contributed by atoms with E-state index in [0.717, 1.165) is 10.4 Å². The van der Waals surface area contributed by atoms with Crippen LogP contribution in [0.3, 0.4) is 0 Å². The van der Waals surface area contributed by atoms with E-state index >= 15 is 0 Å². The summed E-state index contributed by atoms with van der Waals surface area (Å²) >= 11 is 1.59. The van der Waals surface area contributed by atoms with Crippen LogP contribution in [-0.2, 0) is 0 Å². The van der Waals surface area contributed by atoms with Gasteiger partial charge in [-0.3, -0.25) is 4.79 Å². The first-order valence-electron chi connectivity index (χ1n) is 7.22. The van der Waals surface area contributed by atoms with Gasteiger partial charge in [0.1, 0.15) is 0 Å². The maximum Gasteiger partial charge on any atom is 0.255 e. The lowest BCUT2D eigenvalue weighted by Crippen LogP contribution is -2.11. The minimum absolute atomic E-state index is 0.220. The highest BCUT2D eigenvalue weighted by atomic mass is 32.1. The molecule has 3 rings (SSSR count). The highest BCUT2D eigenvalue weighted by molar-refractivity contribution is 7.10. The number of nitriles is 1. The Morgan fingerprint density at radius 3 is 2.50 bits per heavy atom. The minimum atomic E-state index is -0.220. The molecule has 1 heterocycles. The Kier molecular flexibility index (Phi) is 4.72. The van der Waals surface area contributed by atoms with Crippen molar-refractivity contribution >= 4 is 22.9 Å². The second-order valence-corrected chi connectivity index (χ2v) is 5.90. The maximum atomic E-state index is 12.2. The number of nitrogens with zero attached hydrogens (tertiary/aromatic N) is 1. The highest BCUT2D eigenvalue weighted by Gasteiger charge is 2.06. The van der Waals surface area contributed by atoms with Gasteiger partial charge in [0.25, 0.3) is 5.91 Å². The summed E-state index contributed by atoms with van der Waals surface area (Å²) in [6, 6.07) is 19.9. The summed E-state index contributed by atoms with van der Waals surface area (Å²) < 4.78 is 0. The summed E-state index contributed by atoms with van der Waals surface area (Å²) in [6.45, 7) is 0. The number of carbonyl (C=O) groups is 1. The molecule has 0 atom stereocenters. The van der Waals surface area contributed by atoms with E-state index in [-0.39, 0.29) is 5.91 Å². The molecule has 4 heteroatoms. The van der Waals surface area contributed by atoms with Crippen LogP contribution >= 0.6 is 11.3 Å². The molecular weight excluding hydrogens is 316 g/mol. The second kappa shape index (κ2) is 7.28. The fraction of sp³-hybridized carbons (Fsp3) is 0. The van der Waals surface area contributed by atoms with E-state index in [0.29, 0.717) is 16.8 Å². The number of hydrogen-bond donors (Lipinski definition) is 1. The van der Waals surface area contributed by atoms with Crippen LogP contribution in [0, 0.1) is 23.2 Å². The van der Waals surface area contributed by atoms with Crippen molar-refractivity contribution in [3.05, 3.63) is 87.6 Å². The van der Waals surface area contributed by atoms with E-state index in [1.165, 1.54) is 0 Å². The number of carbonyl (C=O) groups excluding carboxylic acids is 1. The molecule has 0 spiro atoms. The van der Waals surface area contributed by atoms with Gasteiger partial charge in [-0.2, -0.15) is 5.26 Å². The van der Waals surface area contributed by atoms with Crippen molar-refractivity contribution in [2.75, 3.05) is 5.32 Å². The minimum Gasteiger partial charge on any atom is -0.322 e. The summed E-state index contributed by atoms with van der Waals surface area (Å²) in [7, 11) is 0. The molecule has 0 radical (unpaired) electrons. The Labute approximate surface area is 144 Å². The third-order valence-corrected chi connectivity index (χ3v) is 4.03. The van der Waals surface area contributed by atoms with Crippen molar-refractivity contribution in [2.45, 2.75) is 0 Å². The van der Waals surface area contributed by atoms with Crippen LogP contribution in [0.15, 0.2) is 66.0 Å². The highest BCUT2D eigenvalue weighted by Crippen LogP contribution is 2.13. The lowest BCUT2D eigenvalue weighted by Gasteiger charge is -2.05. The smallest absolute Gasteiger partial charge is 0.255 e. The zero-order chi connectivity index (χ0) is 16.8. The summed E-state index contributed by atoms with van der Waals surface area (Å²) in [5, 5.41) is 13.6. The normalized spacial score (nSPS) is 9.46. The molecule has 3 aromatic rings. The lowest BCUT2D eigenvalue weighted by atomic mass is 10.1. The number of amides is 1. The van der Waals surface area contributed by atoms with Crippen molar-refractivity contribution < 1.29 is 4.79 Å². The number of benzene rings is 2. The van der Waals surface area contributed by atoms with Crippen molar-refractivity contribution in [3.63, 3.8) is 0 Å². The van der Waals surface area contributed by atoms with Gasteiger partial charge in [0.15, 0.2) is 0 Å². The van der Waals surface area contributed by atoms with Gasteiger partial charge in [0.2, 0.25) is 0 Å². The predicted octanol–water partition coefficient (Wildman–Crippen LogP) is 4.27. The lowest BCUT2D eigenvalue weighted by molar-refractivity contribution is 0.102. The van der Waals surface area contributed by atoms with Crippen LogP contribution in [0.5, 0.6) is 0 Å². The fourth-order valence-corrected chi connectivity index (χ4v) is 2.63. The molecule has 1 N–H and O–H groups in total. The zero-order valence-corrected chi connectivity index (χ0v) is 13.4. The molecule has 0 aliphatic carbocycles. The largest absolute Gasteiger partial charge is 0.322 e. The van der Waals surface area contributed by atoms with Crippen LogP contribution in [0.2, 0.25) is 0 Å². The van der Waals surface area contributed by atoms with Crippen LogP contribution < -0.4 is 5.32 Å². The topological polar surface area (TPSA) is 52.9 Å². The van der Waals surface area contributed by atoms with Crippen LogP contribution in [-0.4, -0.2) is 5.91 Å². The van der Waals surface area contributed by atoms with Crippen molar-refractivity contribution in [2.24, 2.45) is 0 Å². The SMILES string of the molecule is N#Cc1ccc(C(=O)Nc2cccc(C#Cc3cccs3)c2)cc1. The first kappa shape index (κ1) is 15.6. The van der Waals surface area contributed by atoms with Gasteiger partial charge < -0.3 is 5.32 Å². The average Bonchev–Trinajstić information content (AvgIpc) is 3.14. The van der Waals surface area contributed by atoms with E-state index < -0.39 is 0 Å². The molecule has 0 fully saturated rings. The Bertz CT molecular complexity index is 955. The molecular formula is C20H12N2OS. The van der Waals surface area contributed by atoms with Gasteiger partial charge >= 0.3 is 0 Å². The second-order valence-electron chi connectivity index (χ2n) is 4.95. The van der Waals surface area contributed by atoms with E-state index in [9.17, 15) is 4.79 Å². The fourth-order valence-electron chi connectivity index (χ4n) is 2.06. The predicted molar refractivity (Wildman–Crippen MR) is 95.9 cm³/mol. The molecule has 0 aliphatic heterocycles. The van der Waals surface area contributed by atoms with Crippen molar-refractivity contribution in [3.8, 4) is 17.9 Å². The molecule has 24 heavy (non-hydrogen) atoms. The molecule has 0 saturated carbocycles. The number of rotatable bonds is 2.